The molecule has 0 spiro atoms. The lowest BCUT2D eigenvalue weighted by Crippen LogP contribution is -2.32. The summed E-state index contributed by atoms with van der Waals surface area (Å²) in [6.07, 6.45) is 2.32. The van der Waals surface area contributed by atoms with Crippen LogP contribution in [-0.4, -0.2) is 37.4 Å². The van der Waals surface area contributed by atoms with Crippen LogP contribution in [0.1, 0.15) is 30.8 Å². The van der Waals surface area contributed by atoms with Crippen LogP contribution in [-0.2, 0) is 16.1 Å². The van der Waals surface area contributed by atoms with Crippen molar-refractivity contribution < 1.29 is 13.2 Å². The predicted octanol–water partition coefficient (Wildman–Crippen LogP) is 2.07. The van der Waals surface area contributed by atoms with E-state index in [4.69, 9.17) is 10.7 Å². The molecule has 0 aliphatic heterocycles. The lowest BCUT2D eigenvalue weighted by molar-refractivity contribution is 0.0765. The first-order valence-electron chi connectivity index (χ1n) is 6.03. The van der Waals surface area contributed by atoms with Crippen molar-refractivity contribution in [2.24, 2.45) is 13.0 Å². The highest BCUT2D eigenvalue weighted by Gasteiger charge is 2.21. The fraction of sp³-hybridized carbons (Fsp3) is 0.583. The Kier molecular flexibility index (Phi) is 5.04. The third-order valence-corrected chi connectivity index (χ3v) is 4.43. The molecule has 1 amide bonds. The van der Waals surface area contributed by atoms with Gasteiger partial charge >= 0.3 is 0 Å². The molecule has 1 aromatic rings. The molecule has 0 bridgehead atoms. The van der Waals surface area contributed by atoms with Gasteiger partial charge in [0.25, 0.3) is 15.0 Å². The van der Waals surface area contributed by atoms with Crippen molar-refractivity contribution in [1.82, 2.24) is 9.47 Å². The second-order valence-corrected chi connectivity index (χ2v) is 7.37. The monoisotopic (exact) mass is 306 g/mol. The molecule has 1 aromatic heterocycles. The molecular formula is C12H19ClN2O3S. The van der Waals surface area contributed by atoms with E-state index in [1.807, 2.05) is 0 Å². The highest BCUT2D eigenvalue weighted by molar-refractivity contribution is 8.13. The number of carbonyl (C=O) groups excluding carboxylic acids is 1. The molecule has 0 N–H and O–H groups in total. The van der Waals surface area contributed by atoms with Gasteiger partial charge in [-0.3, -0.25) is 4.79 Å². The lowest BCUT2D eigenvalue weighted by atomic mass is 10.1. The molecule has 0 aliphatic carbocycles. The highest BCUT2D eigenvalue weighted by Crippen LogP contribution is 2.19. The van der Waals surface area contributed by atoms with Gasteiger partial charge in [-0.25, -0.2) is 8.42 Å². The first kappa shape index (κ1) is 16.0. The van der Waals surface area contributed by atoms with Gasteiger partial charge in [-0.1, -0.05) is 20.3 Å². The molecular weight excluding hydrogens is 288 g/mol. The van der Waals surface area contributed by atoms with Crippen molar-refractivity contribution in [3.8, 4) is 0 Å². The summed E-state index contributed by atoms with van der Waals surface area (Å²) in [4.78, 5) is 13.8. The standard InChI is InChI=1S/C12H19ClN2O3S/c1-5-9(2)7-15(4)12(16)11-6-10(8-14(11)3)19(13,17)18/h6,8-9H,5,7H2,1-4H3. The Morgan fingerprint density at radius 3 is 2.53 bits per heavy atom. The average molecular weight is 307 g/mol. The quantitative estimate of drug-likeness (QED) is 0.783. The Balaban J connectivity index is 2.98. The molecule has 0 aromatic carbocycles. The van der Waals surface area contributed by atoms with Gasteiger partial charge in [-0.05, 0) is 12.0 Å². The highest BCUT2D eigenvalue weighted by atomic mass is 35.7. The number of nitrogens with zero attached hydrogens (tertiary/aromatic N) is 2. The number of hydrogen-bond donors (Lipinski definition) is 0. The Labute approximate surface area is 118 Å². The van der Waals surface area contributed by atoms with Gasteiger partial charge in [0, 0.05) is 37.5 Å². The number of aromatic nitrogens is 1. The molecule has 5 nitrogen and oxygen atoms in total. The first-order valence-corrected chi connectivity index (χ1v) is 8.34. The van der Waals surface area contributed by atoms with Crippen molar-refractivity contribution >= 4 is 25.6 Å². The third kappa shape index (κ3) is 3.98. The molecule has 0 saturated heterocycles. The second kappa shape index (κ2) is 5.96. The molecule has 1 unspecified atom stereocenters. The Morgan fingerprint density at radius 1 is 1.53 bits per heavy atom. The van der Waals surface area contributed by atoms with Gasteiger partial charge in [0.15, 0.2) is 0 Å². The molecule has 0 saturated carbocycles. The maximum Gasteiger partial charge on any atom is 0.270 e. The van der Waals surface area contributed by atoms with Crippen LogP contribution in [0.3, 0.4) is 0 Å². The maximum absolute atomic E-state index is 12.2. The molecule has 0 aliphatic rings. The Morgan fingerprint density at radius 2 is 2.11 bits per heavy atom. The zero-order valence-corrected chi connectivity index (χ0v) is 13.1. The third-order valence-electron chi connectivity index (χ3n) is 3.11. The fourth-order valence-electron chi connectivity index (χ4n) is 1.76. The van der Waals surface area contributed by atoms with Gasteiger partial charge in [0.2, 0.25) is 0 Å². The summed E-state index contributed by atoms with van der Waals surface area (Å²) in [5, 5.41) is 0. The predicted molar refractivity (Wildman–Crippen MR) is 74.9 cm³/mol. The second-order valence-electron chi connectivity index (χ2n) is 4.81. The van der Waals surface area contributed by atoms with E-state index in [-0.39, 0.29) is 10.8 Å². The molecule has 0 fully saturated rings. The minimum atomic E-state index is -3.81. The normalized spacial score (nSPS) is 13.3. The summed E-state index contributed by atoms with van der Waals surface area (Å²) in [6.45, 7) is 4.75. The molecule has 1 heterocycles. The van der Waals surface area contributed by atoms with Crippen molar-refractivity contribution in [2.45, 2.75) is 25.2 Å². The molecule has 19 heavy (non-hydrogen) atoms. The minimum Gasteiger partial charge on any atom is -0.345 e. The van der Waals surface area contributed by atoms with Crippen LogP contribution in [0.2, 0.25) is 0 Å². The van der Waals surface area contributed by atoms with Gasteiger partial charge in [0.05, 0.1) is 0 Å². The molecule has 1 atom stereocenters. The van der Waals surface area contributed by atoms with Crippen molar-refractivity contribution in [3.05, 3.63) is 18.0 Å². The zero-order valence-electron chi connectivity index (χ0n) is 11.6. The zero-order chi connectivity index (χ0) is 14.8. The van der Waals surface area contributed by atoms with E-state index in [9.17, 15) is 13.2 Å². The number of halogens is 1. The van der Waals surface area contributed by atoms with E-state index in [1.54, 1.807) is 19.0 Å². The van der Waals surface area contributed by atoms with Gasteiger partial charge < -0.3 is 9.47 Å². The van der Waals surface area contributed by atoms with E-state index in [1.165, 1.54) is 16.8 Å². The lowest BCUT2D eigenvalue weighted by Gasteiger charge is -2.20. The first-order chi connectivity index (χ1) is 8.66. The SMILES string of the molecule is CCC(C)CN(C)C(=O)c1cc(S(=O)(=O)Cl)cn1C. The van der Waals surface area contributed by atoms with E-state index in [0.29, 0.717) is 18.2 Å². The summed E-state index contributed by atoms with van der Waals surface area (Å²) in [5.41, 5.74) is 0.310. The summed E-state index contributed by atoms with van der Waals surface area (Å²) < 4.78 is 24.0. The van der Waals surface area contributed by atoms with E-state index < -0.39 is 9.05 Å². The summed E-state index contributed by atoms with van der Waals surface area (Å²) in [7, 11) is 4.78. The molecule has 7 heteroatoms. The van der Waals surface area contributed by atoms with Gasteiger partial charge in [-0.2, -0.15) is 0 Å². The number of hydrogen-bond acceptors (Lipinski definition) is 3. The smallest absolute Gasteiger partial charge is 0.270 e. The largest absolute Gasteiger partial charge is 0.345 e. The fourth-order valence-corrected chi connectivity index (χ4v) is 2.54. The molecule has 1 rings (SSSR count). The van der Waals surface area contributed by atoms with Crippen LogP contribution in [0.25, 0.3) is 0 Å². The van der Waals surface area contributed by atoms with E-state index in [2.05, 4.69) is 13.8 Å². The van der Waals surface area contributed by atoms with Crippen molar-refractivity contribution in [2.75, 3.05) is 13.6 Å². The topological polar surface area (TPSA) is 59.4 Å². The Hall–Kier alpha value is -1.01. The summed E-state index contributed by atoms with van der Waals surface area (Å²) in [5.74, 6) is 0.180. The van der Waals surface area contributed by atoms with Crippen LogP contribution in [0.15, 0.2) is 17.2 Å². The van der Waals surface area contributed by atoms with Gasteiger partial charge in [0.1, 0.15) is 10.6 Å². The van der Waals surface area contributed by atoms with Crippen LogP contribution in [0, 0.1) is 5.92 Å². The summed E-state index contributed by atoms with van der Waals surface area (Å²) in [6, 6.07) is 1.30. The summed E-state index contributed by atoms with van der Waals surface area (Å²) >= 11 is 0. The van der Waals surface area contributed by atoms with Crippen LogP contribution in [0.5, 0.6) is 0 Å². The molecule has 0 radical (unpaired) electrons. The van der Waals surface area contributed by atoms with Crippen LogP contribution in [0.4, 0.5) is 0 Å². The number of amides is 1. The van der Waals surface area contributed by atoms with E-state index >= 15 is 0 Å². The Bertz CT molecular complexity index is 566. The van der Waals surface area contributed by atoms with Gasteiger partial charge in [-0.15, -0.1) is 0 Å². The molecule has 108 valence electrons. The average Bonchev–Trinajstić information content (AvgIpc) is 2.69. The number of carbonyl (C=O) groups is 1. The van der Waals surface area contributed by atoms with Crippen LogP contribution < -0.4 is 0 Å². The minimum absolute atomic E-state index is 0.0584. The van der Waals surface area contributed by atoms with Crippen molar-refractivity contribution in [1.29, 1.82) is 0 Å². The maximum atomic E-state index is 12.2. The van der Waals surface area contributed by atoms with Crippen molar-refractivity contribution in [3.63, 3.8) is 0 Å². The van der Waals surface area contributed by atoms with Crippen LogP contribution >= 0.6 is 10.7 Å². The van der Waals surface area contributed by atoms with E-state index in [0.717, 1.165) is 6.42 Å². The number of rotatable bonds is 5. The number of aryl methyl sites for hydroxylation is 1.